The maximum absolute atomic E-state index is 2.48. The quantitative estimate of drug-likeness (QED) is 0.466. The van der Waals surface area contributed by atoms with Crippen LogP contribution in [0.5, 0.6) is 0 Å². The van der Waals surface area contributed by atoms with Gasteiger partial charge in [-0.25, -0.2) is 0 Å². The third-order valence-corrected chi connectivity index (χ3v) is 8.42. The molecule has 2 bridgehead atoms. The predicted molar refractivity (Wildman–Crippen MR) is 89.0 cm³/mol. The van der Waals surface area contributed by atoms with Crippen molar-refractivity contribution in [2.45, 2.75) is 43.7 Å². The van der Waals surface area contributed by atoms with Crippen LogP contribution in [0.4, 0.5) is 0 Å². The van der Waals surface area contributed by atoms with Crippen LogP contribution in [-0.2, 0) is 24.4 Å². The van der Waals surface area contributed by atoms with E-state index >= 15 is 0 Å². The minimum atomic E-state index is 0.652. The van der Waals surface area contributed by atoms with Gasteiger partial charge < -0.3 is 0 Å². The van der Waals surface area contributed by atoms with Crippen molar-refractivity contribution in [3.05, 3.63) is 69.4 Å². The van der Waals surface area contributed by atoms with Crippen molar-refractivity contribution in [2.75, 3.05) is 0 Å². The van der Waals surface area contributed by atoms with E-state index in [4.69, 9.17) is 0 Å². The second kappa shape index (κ2) is 5.44. The Kier molecular flexibility index (Phi) is 3.68. The number of allylic oxidation sites excluding steroid dienone is 12. The van der Waals surface area contributed by atoms with E-state index in [0.29, 0.717) is 11.8 Å². The van der Waals surface area contributed by atoms with Gasteiger partial charge in [0.15, 0.2) is 0 Å². The van der Waals surface area contributed by atoms with Crippen LogP contribution in [-0.4, -0.2) is 0 Å². The molecule has 0 spiro atoms. The minimum absolute atomic E-state index is 0.652. The number of hydrogen-bond donors (Lipinski definition) is 0. The molecule has 0 aromatic rings. The van der Waals surface area contributed by atoms with E-state index in [1.165, 1.54) is 42.8 Å². The summed E-state index contributed by atoms with van der Waals surface area (Å²) in [6.45, 7) is 7.22. The molecule has 0 aromatic heterocycles. The van der Waals surface area contributed by atoms with Crippen molar-refractivity contribution < 1.29 is 24.4 Å². The molecule has 0 amide bonds. The van der Waals surface area contributed by atoms with Gasteiger partial charge in [-0.15, -0.1) is 0 Å². The molecule has 0 saturated heterocycles. The SMILES string of the molecule is CC1=C2CCC3=C(C4=CC=CC4)C=CC(=C2C3C(C)C)[CH]1[Hf]. The Morgan fingerprint density at radius 1 is 1.18 bits per heavy atom. The second-order valence-electron chi connectivity index (χ2n) is 7.28. The maximum atomic E-state index is 2.48. The predicted octanol–water partition coefficient (Wildman–Crippen LogP) is 5.77. The molecule has 2 atom stereocenters. The van der Waals surface area contributed by atoms with Crippen molar-refractivity contribution in [1.29, 1.82) is 0 Å². The zero-order chi connectivity index (χ0) is 15.4. The topological polar surface area (TPSA) is 0 Å². The van der Waals surface area contributed by atoms with Crippen molar-refractivity contribution in [2.24, 2.45) is 11.8 Å². The number of fused-ring (bicyclic) bond motifs is 1. The Labute approximate surface area is 149 Å². The summed E-state index contributed by atoms with van der Waals surface area (Å²) in [4.78, 5) is 0. The van der Waals surface area contributed by atoms with Gasteiger partial charge in [-0.1, -0.05) is 0 Å². The summed E-state index contributed by atoms with van der Waals surface area (Å²) in [6, 6.07) is 0. The average molecular weight is 454 g/mol. The summed E-state index contributed by atoms with van der Waals surface area (Å²) in [5, 5.41) is 0. The van der Waals surface area contributed by atoms with Gasteiger partial charge in [-0.05, 0) is 0 Å². The first kappa shape index (κ1) is 14.9. The van der Waals surface area contributed by atoms with Crippen LogP contribution >= 0.6 is 0 Å². The molecule has 4 aliphatic rings. The van der Waals surface area contributed by atoms with Crippen LogP contribution in [0.2, 0.25) is 3.67 Å². The molecule has 4 aliphatic carbocycles. The van der Waals surface area contributed by atoms with E-state index in [2.05, 4.69) is 51.2 Å². The fourth-order valence-electron chi connectivity index (χ4n) is 4.70. The first-order valence-corrected chi connectivity index (χ1v) is 10.6. The molecule has 2 unspecified atom stereocenters. The first-order valence-electron chi connectivity index (χ1n) is 8.52. The standard InChI is InChI=1S/C21H23.Hf/c1-13(2)20-19-11-10-17-14(3)12-16(21(17)20)8-9-18(19)15-6-4-5-7-15;/h4-6,8-9,12-13,20H,7,10-11H2,1-3H3;. The second-order valence-corrected chi connectivity index (χ2v) is 9.36. The van der Waals surface area contributed by atoms with Gasteiger partial charge in [0, 0.05) is 0 Å². The summed E-state index contributed by atoms with van der Waals surface area (Å²) < 4.78 is 0.747. The van der Waals surface area contributed by atoms with Gasteiger partial charge in [0.2, 0.25) is 0 Å². The Balaban J connectivity index is 1.92. The van der Waals surface area contributed by atoms with Gasteiger partial charge in [0.05, 0.1) is 0 Å². The number of rotatable bonds is 2. The Hall–Kier alpha value is -0.690. The van der Waals surface area contributed by atoms with Crippen LogP contribution in [0.3, 0.4) is 0 Å². The van der Waals surface area contributed by atoms with Gasteiger partial charge in [0.25, 0.3) is 0 Å². The summed E-state index contributed by atoms with van der Waals surface area (Å²) >= 11 is 1.24. The first-order chi connectivity index (χ1) is 10.6. The summed E-state index contributed by atoms with van der Waals surface area (Å²) in [5.74, 6) is 1.35. The van der Waals surface area contributed by atoms with Crippen LogP contribution in [0.25, 0.3) is 0 Å². The fraction of sp³-hybridized carbons (Fsp3) is 0.429. The average Bonchev–Trinajstić information content (AvgIpc) is 3.07. The van der Waals surface area contributed by atoms with Crippen molar-refractivity contribution in [1.82, 2.24) is 0 Å². The van der Waals surface area contributed by atoms with Gasteiger partial charge in [-0.3, -0.25) is 0 Å². The molecule has 0 radical (unpaired) electrons. The molecule has 0 N–H and O–H groups in total. The number of hydrogen-bond acceptors (Lipinski definition) is 0. The molecule has 1 heteroatoms. The molecule has 22 heavy (non-hydrogen) atoms. The van der Waals surface area contributed by atoms with Crippen LogP contribution in [0, 0.1) is 11.8 Å². The molecule has 111 valence electrons. The van der Waals surface area contributed by atoms with Gasteiger partial charge in [-0.2, -0.15) is 0 Å². The zero-order valence-electron chi connectivity index (χ0n) is 13.7. The molecule has 0 aliphatic heterocycles. The fourth-order valence-corrected chi connectivity index (χ4v) is 6.23. The van der Waals surface area contributed by atoms with Crippen molar-refractivity contribution >= 4 is 0 Å². The zero-order valence-corrected chi connectivity index (χ0v) is 17.3. The monoisotopic (exact) mass is 455 g/mol. The van der Waals surface area contributed by atoms with E-state index < -0.39 is 0 Å². The normalized spacial score (nSPS) is 29.9. The van der Waals surface area contributed by atoms with E-state index in [1.807, 2.05) is 0 Å². The summed E-state index contributed by atoms with van der Waals surface area (Å²) in [6.07, 6.45) is 15.4. The Morgan fingerprint density at radius 2 is 2.00 bits per heavy atom. The Morgan fingerprint density at radius 3 is 2.68 bits per heavy atom. The molecule has 0 nitrogen and oxygen atoms in total. The molecule has 0 aromatic carbocycles. The van der Waals surface area contributed by atoms with Crippen LogP contribution in [0.15, 0.2) is 69.4 Å². The van der Waals surface area contributed by atoms with E-state index in [-0.39, 0.29) is 0 Å². The Bertz CT molecular complexity index is 719. The summed E-state index contributed by atoms with van der Waals surface area (Å²) in [5.41, 5.74) is 11.6. The van der Waals surface area contributed by atoms with E-state index in [1.54, 1.807) is 33.4 Å². The molecule has 1 saturated carbocycles. The third kappa shape index (κ3) is 2.04. The molecule has 0 heterocycles. The van der Waals surface area contributed by atoms with E-state index in [9.17, 15) is 0 Å². The molecular weight excluding hydrogens is 431 g/mol. The van der Waals surface area contributed by atoms with Crippen molar-refractivity contribution in [3.8, 4) is 0 Å². The van der Waals surface area contributed by atoms with Gasteiger partial charge in [0.1, 0.15) is 0 Å². The van der Waals surface area contributed by atoms with Crippen LogP contribution < -0.4 is 0 Å². The van der Waals surface area contributed by atoms with E-state index in [0.717, 1.165) is 10.1 Å². The molecule has 1 fully saturated rings. The summed E-state index contributed by atoms with van der Waals surface area (Å²) in [7, 11) is 0. The molecule has 4 rings (SSSR count). The third-order valence-electron chi connectivity index (χ3n) is 5.75. The van der Waals surface area contributed by atoms with Crippen molar-refractivity contribution in [3.63, 3.8) is 0 Å². The van der Waals surface area contributed by atoms with Crippen LogP contribution in [0.1, 0.15) is 40.0 Å². The van der Waals surface area contributed by atoms with Gasteiger partial charge >= 0.3 is 149 Å². The molecular formula is C21H23Hf.